The zero-order valence-corrected chi connectivity index (χ0v) is 10.2. The van der Waals surface area contributed by atoms with Crippen LogP contribution in [0.3, 0.4) is 0 Å². The molecule has 0 saturated carbocycles. The Labute approximate surface area is 109 Å². The molecular formula is C14H10N4O. The third-order valence-electron chi connectivity index (χ3n) is 2.93. The van der Waals surface area contributed by atoms with Gasteiger partial charge in [-0.3, -0.25) is 4.98 Å². The fraction of sp³-hybridized carbons (Fsp3) is 0.0714. The highest BCUT2D eigenvalue weighted by Crippen LogP contribution is 2.29. The van der Waals surface area contributed by atoms with Gasteiger partial charge >= 0.3 is 0 Å². The Morgan fingerprint density at radius 1 is 1.32 bits per heavy atom. The summed E-state index contributed by atoms with van der Waals surface area (Å²) in [5.41, 5.74) is 3.03. The molecule has 0 radical (unpaired) electrons. The van der Waals surface area contributed by atoms with Gasteiger partial charge < -0.3 is 9.72 Å². The van der Waals surface area contributed by atoms with Gasteiger partial charge in [-0.05, 0) is 6.07 Å². The van der Waals surface area contributed by atoms with Crippen molar-refractivity contribution < 1.29 is 4.74 Å². The smallest absolute Gasteiger partial charge is 0.232 e. The molecule has 5 nitrogen and oxygen atoms in total. The van der Waals surface area contributed by atoms with Crippen LogP contribution in [0.25, 0.3) is 22.2 Å². The maximum absolute atomic E-state index is 9.08. The molecule has 0 aliphatic heterocycles. The summed E-state index contributed by atoms with van der Waals surface area (Å²) in [5, 5.41) is 10.0. The van der Waals surface area contributed by atoms with Gasteiger partial charge in [-0.15, -0.1) is 0 Å². The van der Waals surface area contributed by atoms with E-state index in [1.165, 1.54) is 0 Å². The molecule has 2 heterocycles. The van der Waals surface area contributed by atoms with Crippen molar-refractivity contribution >= 4 is 10.9 Å². The summed E-state index contributed by atoms with van der Waals surface area (Å²) < 4.78 is 5.07. The van der Waals surface area contributed by atoms with Crippen molar-refractivity contribution in [2.45, 2.75) is 0 Å². The zero-order valence-electron chi connectivity index (χ0n) is 10.2. The van der Waals surface area contributed by atoms with Gasteiger partial charge in [0.15, 0.2) is 0 Å². The summed E-state index contributed by atoms with van der Waals surface area (Å²) in [6.45, 7) is 0. The van der Waals surface area contributed by atoms with Crippen LogP contribution in [0, 0.1) is 11.3 Å². The van der Waals surface area contributed by atoms with Crippen LogP contribution < -0.4 is 4.74 Å². The molecule has 0 fully saturated rings. The Hall–Kier alpha value is -2.87. The third kappa shape index (κ3) is 1.79. The van der Waals surface area contributed by atoms with Crippen LogP contribution in [-0.4, -0.2) is 22.1 Å². The van der Waals surface area contributed by atoms with E-state index in [9.17, 15) is 0 Å². The number of methoxy groups -OCH3 is 1. The number of H-pyrrole nitrogens is 1. The molecule has 1 N–H and O–H groups in total. The first-order valence-corrected chi connectivity index (χ1v) is 5.70. The highest BCUT2D eigenvalue weighted by Gasteiger charge is 2.10. The summed E-state index contributed by atoms with van der Waals surface area (Å²) in [4.78, 5) is 11.6. The second-order valence-corrected chi connectivity index (χ2v) is 3.99. The number of nitriles is 1. The number of rotatable bonds is 2. The van der Waals surface area contributed by atoms with Crippen LogP contribution in [0.4, 0.5) is 0 Å². The van der Waals surface area contributed by atoms with Crippen molar-refractivity contribution in [1.29, 1.82) is 5.26 Å². The molecule has 5 heteroatoms. The average Bonchev–Trinajstić information content (AvgIpc) is 2.91. The van der Waals surface area contributed by atoms with E-state index in [0.29, 0.717) is 17.1 Å². The maximum atomic E-state index is 9.08. The zero-order chi connectivity index (χ0) is 13.2. The van der Waals surface area contributed by atoms with Gasteiger partial charge in [0, 0.05) is 17.1 Å². The lowest BCUT2D eigenvalue weighted by Crippen LogP contribution is -1.91. The van der Waals surface area contributed by atoms with Gasteiger partial charge in [0.2, 0.25) is 5.88 Å². The Bertz CT molecular complexity index is 785. The van der Waals surface area contributed by atoms with E-state index in [0.717, 1.165) is 16.5 Å². The molecule has 0 bridgehead atoms. The fourth-order valence-corrected chi connectivity index (χ4v) is 2.04. The van der Waals surface area contributed by atoms with E-state index in [-0.39, 0.29) is 0 Å². The summed E-state index contributed by atoms with van der Waals surface area (Å²) in [6.07, 6.45) is 5.05. The summed E-state index contributed by atoms with van der Waals surface area (Å²) >= 11 is 0. The summed E-state index contributed by atoms with van der Waals surface area (Å²) in [6, 6.07) is 7.74. The van der Waals surface area contributed by atoms with Crippen molar-refractivity contribution in [3.8, 4) is 23.2 Å². The molecule has 1 aromatic carbocycles. The number of hydrogen-bond donors (Lipinski definition) is 1. The highest BCUT2D eigenvalue weighted by molar-refractivity contribution is 5.97. The fourth-order valence-electron chi connectivity index (χ4n) is 2.04. The number of ether oxygens (including phenoxy) is 1. The second-order valence-electron chi connectivity index (χ2n) is 3.99. The second kappa shape index (κ2) is 4.42. The molecule has 19 heavy (non-hydrogen) atoms. The lowest BCUT2D eigenvalue weighted by atomic mass is 10.1. The van der Waals surface area contributed by atoms with E-state index in [1.807, 2.05) is 18.3 Å². The quantitative estimate of drug-likeness (QED) is 0.758. The van der Waals surface area contributed by atoms with Crippen LogP contribution >= 0.6 is 0 Å². The largest absolute Gasteiger partial charge is 0.480 e. The predicted molar refractivity (Wildman–Crippen MR) is 70.6 cm³/mol. The number of hydrogen-bond acceptors (Lipinski definition) is 4. The van der Waals surface area contributed by atoms with Crippen LogP contribution in [-0.2, 0) is 0 Å². The minimum absolute atomic E-state index is 0.461. The lowest BCUT2D eigenvalue weighted by molar-refractivity contribution is 0.396. The molecule has 0 aliphatic carbocycles. The standard InChI is InChI=1S/C14H10N4O/c1-19-13-8-16-7-12(18-13)11-6-17-14-9(5-15)3-2-4-10(11)14/h2-4,6-8,17H,1H3. The first kappa shape index (κ1) is 11.2. The third-order valence-corrected chi connectivity index (χ3v) is 2.93. The van der Waals surface area contributed by atoms with Crippen molar-refractivity contribution in [2.75, 3.05) is 7.11 Å². The Kier molecular flexibility index (Phi) is 2.62. The molecule has 3 aromatic rings. The van der Waals surface area contributed by atoms with E-state index < -0.39 is 0 Å². The molecule has 0 amide bonds. The number of nitrogens with zero attached hydrogens (tertiary/aromatic N) is 3. The highest BCUT2D eigenvalue weighted by atomic mass is 16.5. The van der Waals surface area contributed by atoms with Crippen molar-refractivity contribution in [1.82, 2.24) is 15.0 Å². The molecular weight excluding hydrogens is 240 g/mol. The lowest BCUT2D eigenvalue weighted by Gasteiger charge is -2.01. The van der Waals surface area contributed by atoms with Crippen LogP contribution in [0.1, 0.15) is 5.56 Å². The average molecular weight is 250 g/mol. The molecule has 3 rings (SSSR count). The first-order valence-electron chi connectivity index (χ1n) is 5.70. The van der Waals surface area contributed by atoms with E-state index >= 15 is 0 Å². The molecule has 0 unspecified atom stereocenters. The van der Waals surface area contributed by atoms with Crippen LogP contribution in [0.2, 0.25) is 0 Å². The number of aromatic amines is 1. The van der Waals surface area contributed by atoms with Gasteiger partial charge in [-0.2, -0.15) is 5.26 Å². The van der Waals surface area contributed by atoms with E-state index in [2.05, 4.69) is 21.0 Å². The predicted octanol–water partition coefficient (Wildman–Crippen LogP) is 2.51. The molecule has 0 atom stereocenters. The van der Waals surface area contributed by atoms with Crippen LogP contribution in [0.15, 0.2) is 36.8 Å². The number of para-hydroxylation sites is 1. The molecule has 0 spiro atoms. The maximum Gasteiger partial charge on any atom is 0.232 e. The van der Waals surface area contributed by atoms with Gasteiger partial charge in [-0.25, -0.2) is 4.98 Å². The summed E-state index contributed by atoms with van der Waals surface area (Å²) in [7, 11) is 1.55. The van der Waals surface area contributed by atoms with E-state index in [4.69, 9.17) is 10.00 Å². The van der Waals surface area contributed by atoms with Gasteiger partial charge in [-0.1, -0.05) is 12.1 Å². The molecule has 92 valence electrons. The van der Waals surface area contributed by atoms with Crippen molar-refractivity contribution in [2.24, 2.45) is 0 Å². The molecule has 0 aliphatic rings. The van der Waals surface area contributed by atoms with Crippen LogP contribution in [0.5, 0.6) is 5.88 Å². The van der Waals surface area contributed by atoms with Crippen molar-refractivity contribution in [3.05, 3.63) is 42.4 Å². The SMILES string of the molecule is COc1cncc(-c2c[nH]c3c(C#N)cccc23)n1. The monoisotopic (exact) mass is 250 g/mol. The number of nitrogens with one attached hydrogen (secondary N) is 1. The van der Waals surface area contributed by atoms with E-state index in [1.54, 1.807) is 25.6 Å². The van der Waals surface area contributed by atoms with Gasteiger partial charge in [0.1, 0.15) is 6.07 Å². The number of aromatic nitrogens is 3. The number of benzene rings is 1. The number of fused-ring (bicyclic) bond motifs is 1. The summed E-state index contributed by atoms with van der Waals surface area (Å²) in [5.74, 6) is 0.461. The normalized spacial score (nSPS) is 10.3. The Morgan fingerprint density at radius 3 is 3.00 bits per heavy atom. The Morgan fingerprint density at radius 2 is 2.21 bits per heavy atom. The molecule has 2 aromatic heterocycles. The van der Waals surface area contributed by atoms with Gasteiger partial charge in [0.05, 0.1) is 36.3 Å². The minimum atomic E-state index is 0.461. The van der Waals surface area contributed by atoms with Gasteiger partial charge in [0.25, 0.3) is 0 Å². The molecule has 0 saturated heterocycles. The van der Waals surface area contributed by atoms with Crippen molar-refractivity contribution in [3.63, 3.8) is 0 Å². The Balaban J connectivity index is 2.23. The topological polar surface area (TPSA) is 74.6 Å². The first-order chi connectivity index (χ1) is 9.33. The minimum Gasteiger partial charge on any atom is -0.480 e.